The Bertz CT molecular complexity index is 1940. The number of hydrogen-bond acceptors (Lipinski definition) is 6. The molecule has 0 bridgehead atoms. The van der Waals surface area contributed by atoms with Gasteiger partial charge < -0.3 is 9.15 Å². The molecule has 4 aromatic carbocycles. The molecule has 0 unspecified atom stereocenters. The predicted molar refractivity (Wildman–Crippen MR) is 147 cm³/mol. The number of ether oxygens (including phenoxy) is 1. The van der Waals surface area contributed by atoms with Crippen LogP contribution in [-0.4, -0.2) is 21.8 Å². The van der Waals surface area contributed by atoms with Gasteiger partial charge in [-0.15, -0.1) is 0 Å². The fraction of sp³-hybridized carbons (Fsp3) is 0.0345. The second-order valence-electron chi connectivity index (χ2n) is 8.40. The number of hydrogen-bond donors (Lipinski definition) is 0. The van der Waals surface area contributed by atoms with Gasteiger partial charge in [-0.25, -0.2) is 4.98 Å². The van der Waals surface area contributed by atoms with Crippen molar-refractivity contribution in [2.24, 2.45) is 5.10 Å². The first kappa shape index (κ1) is 22.9. The molecule has 37 heavy (non-hydrogen) atoms. The minimum Gasteiger partial charge on any atom is -0.453 e. The van der Waals surface area contributed by atoms with Crippen LogP contribution in [0.25, 0.3) is 44.2 Å². The van der Waals surface area contributed by atoms with Gasteiger partial charge in [-0.3, -0.25) is 9.59 Å². The van der Waals surface area contributed by atoms with E-state index < -0.39 is 5.97 Å². The fourth-order valence-electron chi connectivity index (χ4n) is 4.28. The Labute approximate surface area is 218 Å². The zero-order valence-corrected chi connectivity index (χ0v) is 21.1. The zero-order valence-electron chi connectivity index (χ0n) is 19.5. The molecule has 0 radical (unpaired) electrons. The standard InChI is InChI=1S/C29H18BrN3O4/c1-17(34)36-26-12-10-18-6-2-3-7-21(18)23(26)16-31-33-28(32-24-9-5-4-8-22(24)29(33)35)27-15-19-14-20(30)11-13-25(19)37-27/h2-16H,1H3. The van der Waals surface area contributed by atoms with Crippen LogP contribution in [-0.2, 0) is 4.79 Å². The van der Waals surface area contributed by atoms with Gasteiger partial charge in [-0.2, -0.15) is 9.78 Å². The number of benzene rings is 4. The van der Waals surface area contributed by atoms with E-state index in [4.69, 9.17) is 14.1 Å². The van der Waals surface area contributed by atoms with E-state index in [1.54, 1.807) is 24.3 Å². The maximum Gasteiger partial charge on any atom is 0.308 e. The molecule has 2 aromatic heterocycles. The molecule has 0 aliphatic rings. The SMILES string of the molecule is CC(=O)Oc1ccc2ccccc2c1C=Nn1c(-c2cc3cc(Br)ccc3o2)nc2ccccc2c1=O. The van der Waals surface area contributed by atoms with E-state index in [1.165, 1.54) is 17.8 Å². The molecule has 8 heteroatoms. The Morgan fingerprint density at radius 2 is 1.76 bits per heavy atom. The summed E-state index contributed by atoms with van der Waals surface area (Å²) in [5.41, 5.74) is 1.39. The molecular weight excluding hydrogens is 534 g/mol. The third kappa shape index (κ3) is 4.21. The van der Waals surface area contributed by atoms with Crippen LogP contribution in [0.3, 0.4) is 0 Å². The summed E-state index contributed by atoms with van der Waals surface area (Å²) in [6.07, 6.45) is 1.52. The average Bonchev–Trinajstić information content (AvgIpc) is 3.31. The van der Waals surface area contributed by atoms with Gasteiger partial charge in [0, 0.05) is 22.3 Å². The van der Waals surface area contributed by atoms with Crippen LogP contribution in [0.15, 0.2) is 104 Å². The Balaban J connectivity index is 1.60. The van der Waals surface area contributed by atoms with E-state index in [0.717, 1.165) is 20.6 Å². The molecule has 0 N–H and O–H groups in total. The molecule has 0 aliphatic carbocycles. The van der Waals surface area contributed by atoms with Crippen LogP contribution in [0.5, 0.6) is 5.75 Å². The molecular formula is C29H18BrN3O4. The summed E-state index contributed by atoms with van der Waals surface area (Å²) in [6.45, 7) is 1.34. The molecule has 6 aromatic rings. The van der Waals surface area contributed by atoms with E-state index >= 15 is 0 Å². The Hall–Kier alpha value is -4.56. The normalized spacial score (nSPS) is 11.6. The van der Waals surface area contributed by atoms with E-state index in [2.05, 4.69) is 21.0 Å². The molecule has 0 fully saturated rings. The first-order chi connectivity index (χ1) is 18.0. The van der Waals surface area contributed by atoms with Crippen LogP contribution in [0.2, 0.25) is 0 Å². The summed E-state index contributed by atoms with van der Waals surface area (Å²) >= 11 is 3.48. The van der Waals surface area contributed by atoms with E-state index in [1.807, 2.05) is 60.7 Å². The number of carbonyl (C=O) groups is 1. The molecule has 0 amide bonds. The van der Waals surface area contributed by atoms with Gasteiger partial charge in [-0.05, 0) is 53.2 Å². The third-order valence-electron chi connectivity index (χ3n) is 5.94. The van der Waals surface area contributed by atoms with E-state index in [-0.39, 0.29) is 11.4 Å². The van der Waals surface area contributed by atoms with Crippen LogP contribution in [0.4, 0.5) is 0 Å². The highest BCUT2D eigenvalue weighted by Crippen LogP contribution is 2.30. The number of aromatic nitrogens is 2. The lowest BCUT2D eigenvalue weighted by Crippen LogP contribution is -2.20. The summed E-state index contributed by atoms with van der Waals surface area (Å²) in [6, 6.07) is 25.8. The smallest absolute Gasteiger partial charge is 0.308 e. The highest BCUT2D eigenvalue weighted by Gasteiger charge is 2.17. The third-order valence-corrected chi connectivity index (χ3v) is 6.43. The number of furan rings is 1. The first-order valence-electron chi connectivity index (χ1n) is 11.4. The molecule has 2 heterocycles. The number of esters is 1. The number of carbonyl (C=O) groups excluding carboxylic acids is 1. The summed E-state index contributed by atoms with van der Waals surface area (Å²) in [7, 11) is 0. The molecule has 7 nitrogen and oxygen atoms in total. The van der Waals surface area contributed by atoms with Crippen molar-refractivity contribution in [3.8, 4) is 17.3 Å². The fourth-order valence-corrected chi connectivity index (χ4v) is 4.66. The number of halogens is 1. The van der Waals surface area contributed by atoms with Crippen molar-refractivity contribution in [3.05, 3.63) is 105 Å². The van der Waals surface area contributed by atoms with Crippen molar-refractivity contribution in [1.82, 2.24) is 9.66 Å². The lowest BCUT2D eigenvalue weighted by molar-refractivity contribution is -0.131. The van der Waals surface area contributed by atoms with Gasteiger partial charge in [0.1, 0.15) is 11.3 Å². The summed E-state index contributed by atoms with van der Waals surface area (Å²) in [5.74, 6) is 0.531. The van der Waals surface area contributed by atoms with Gasteiger partial charge in [0.15, 0.2) is 5.76 Å². The minimum atomic E-state index is -0.455. The molecule has 0 saturated heterocycles. The average molecular weight is 552 g/mol. The molecule has 0 atom stereocenters. The van der Waals surface area contributed by atoms with Crippen molar-refractivity contribution in [2.75, 3.05) is 0 Å². The maximum absolute atomic E-state index is 13.6. The zero-order chi connectivity index (χ0) is 25.5. The predicted octanol–water partition coefficient (Wildman–Crippen LogP) is 6.53. The molecule has 180 valence electrons. The lowest BCUT2D eigenvalue weighted by Gasteiger charge is -2.10. The Morgan fingerprint density at radius 1 is 0.973 bits per heavy atom. The molecule has 0 aliphatic heterocycles. The first-order valence-corrected chi connectivity index (χ1v) is 12.2. The number of fused-ring (bicyclic) bond motifs is 3. The molecule has 0 saturated carbocycles. The maximum atomic E-state index is 13.6. The van der Waals surface area contributed by atoms with Crippen molar-refractivity contribution in [1.29, 1.82) is 0 Å². The second kappa shape index (κ2) is 9.15. The van der Waals surface area contributed by atoms with Gasteiger partial charge in [0.05, 0.1) is 17.1 Å². The lowest BCUT2D eigenvalue weighted by atomic mass is 10.0. The highest BCUT2D eigenvalue weighted by atomic mass is 79.9. The Kier molecular flexibility index (Phi) is 5.65. The molecule has 0 spiro atoms. The largest absolute Gasteiger partial charge is 0.453 e. The minimum absolute atomic E-state index is 0.251. The van der Waals surface area contributed by atoms with Crippen LogP contribution in [0, 0.1) is 0 Å². The number of nitrogens with zero attached hydrogens (tertiary/aromatic N) is 3. The highest BCUT2D eigenvalue weighted by molar-refractivity contribution is 9.10. The van der Waals surface area contributed by atoms with Crippen molar-refractivity contribution in [3.63, 3.8) is 0 Å². The topological polar surface area (TPSA) is 86.7 Å². The molecule has 6 rings (SSSR count). The quantitative estimate of drug-likeness (QED) is 0.141. The monoisotopic (exact) mass is 551 g/mol. The number of rotatable bonds is 4. The van der Waals surface area contributed by atoms with E-state index in [0.29, 0.717) is 33.6 Å². The van der Waals surface area contributed by atoms with Crippen LogP contribution >= 0.6 is 15.9 Å². The Morgan fingerprint density at radius 3 is 2.59 bits per heavy atom. The van der Waals surface area contributed by atoms with Crippen molar-refractivity contribution in [2.45, 2.75) is 6.92 Å². The summed E-state index contributed by atoms with van der Waals surface area (Å²) < 4.78 is 13.6. The summed E-state index contributed by atoms with van der Waals surface area (Å²) in [4.78, 5) is 30.1. The van der Waals surface area contributed by atoms with Gasteiger partial charge in [-0.1, -0.05) is 58.4 Å². The van der Waals surface area contributed by atoms with Gasteiger partial charge in [0.2, 0.25) is 5.82 Å². The summed E-state index contributed by atoms with van der Waals surface area (Å²) in [5, 5.41) is 7.59. The van der Waals surface area contributed by atoms with E-state index in [9.17, 15) is 9.59 Å². The van der Waals surface area contributed by atoms with Gasteiger partial charge in [0.25, 0.3) is 5.56 Å². The second-order valence-corrected chi connectivity index (χ2v) is 9.31. The van der Waals surface area contributed by atoms with Crippen molar-refractivity contribution < 1.29 is 13.9 Å². The van der Waals surface area contributed by atoms with Crippen LogP contribution in [0.1, 0.15) is 12.5 Å². The number of para-hydroxylation sites is 1. The van der Waals surface area contributed by atoms with Crippen LogP contribution < -0.4 is 10.3 Å². The van der Waals surface area contributed by atoms with Gasteiger partial charge >= 0.3 is 5.97 Å². The van der Waals surface area contributed by atoms with Crippen molar-refractivity contribution >= 4 is 60.8 Å².